The molecular formula is C11H14N2O6S. The summed E-state index contributed by atoms with van der Waals surface area (Å²) in [5.41, 5.74) is 0.197. The molecule has 0 radical (unpaired) electrons. The fraction of sp³-hybridized carbons (Fsp3) is 0.364. The number of rotatable bonds is 5. The zero-order valence-electron chi connectivity index (χ0n) is 11.2. The third kappa shape index (κ3) is 3.11. The van der Waals surface area contributed by atoms with E-state index in [0.29, 0.717) is 4.31 Å². The molecule has 0 fully saturated rings. The average Bonchev–Trinajstić information content (AvgIpc) is 2.26. The summed E-state index contributed by atoms with van der Waals surface area (Å²) in [5, 5.41) is 19.4. The van der Waals surface area contributed by atoms with E-state index >= 15 is 0 Å². The Morgan fingerprint density at radius 3 is 2.15 bits per heavy atom. The molecule has 0 aliphatic rings. The van der Waals surface area contributed by atoms with Gasteiger partial charge >= 0.3 is 5.97 Å². The minimum absolute atomic E-state index is 0.105. The van der Waals surface area contributed by atoms with Gasteiger partial charge < -0.3 is 5.11 Å². The maximum absolute atomic E-state index is 12.3. The van der Waals surface area contributed by atoms with Crippen LogP contribution in [0.2, 0.25) is 0 Å². The molecule has 0 saturated heterocycles. The fourth-order valence-electron chi connectivity index (χ4n) is 1.87. The van der Waals surface area contributed by atoms with Crippen molar-refractivity contribution in [3.8, 4) is 0 Å². The van der Waals surface area contributed by atoms with Crippen molar-refractivity contribution in [1.29, 1.82) is 0 Å². The van der Waals surface area contributed by atoms with Crippen molar-refractivity contribution in [2.45, 2.75) is 18.7 Å². The van der Waals surface area contributed by atoms with Crippen molar-refractivity contribution >= 4 is 21.7 Å². The van der Waals surface area contributed by atoms with Gasteiger partial charge in [0, 0.05) is 19.2 Å². The largest absolute Gasteiger partial charge is 0.480 e. The predicted octanol–water partition coefficient (Wildman–Crippen LogP) is 0.917. The molecule has 0 aliphatic carbocycles. The van der Waals surface area contributed by atoms with E-state index in [9.17, 15) is 23.3 Å². The van der Waals surface area contributed by atoms with Crippen molar-refractivity contribution < 1.29 is 23.2 Å². The summed E-state index contributed by atoms with van der Waals surface area (Å²) in [6.45, 7) is 2.18. The Morgan fingerprint density at radius 1 is 1.35 bits per heavy atom. The predicted molar refractivity (Wildman–Crippen MR) is 70.0 cm³/mol. The molecule has 0 amide bonds. The molecule has 0 atom stereocenters. The van der Waals surface area contributed by atoms with Gasteiger partial charge in [-0.3, -0.25) is 14.9 Å². The molecule has 20 heavy (non-hydrogen) atoms. The molecule has 0 heterocycles. The van der Waals surface area contributed by atoms with E-state index in [1.807, 2.05) is 0 Å². The van der Waals surface area contributed by atoms with Crippen molar-refractivity contribution in [1.82, 2.24) is 4.31 Å². The summed E-state index contributed by atoms with van der Waals surface area (Å²) in [4.78, 5) is 20.6. The molecule has 0 aliphatic heterocycles. The van der Waals surface area contributed by atoms with Gasteiger partial charge in [0.15, 0.2) is 0 Å². The van der Waals surface area contributed by atoms with Crippen molar-refractivity contribution in [3.63, 3.8) is 0 Å². The van der Waals surface area contributed by atoms with Crippen LogP contribution in [0.4, 0.5) is 5.69 Å². The zero-order valence-corrected chi connectivity index (χ0v) is 12.0. The molecule has 0 saturated carbocycles. The van der Waals surface area contributed by atoms with Gasteiger partial charge in [-0.2, -0.15) is 4.31 Å². The Balaban J connectivity index is 3.40. The smallest absolute Gasteiger partial charge is 0.318 e. The fourth-order valence-corrected chi connectivity index (χ4v) is 3.39. The van der Waals surface area contributed by atoms with Crippen LogP contribution in [0, 0.1) is 24.0 Å². The van der Waals surface area contributed by atoms with E-state index < -0.39 is 27.5 Å². The van der Waals surface area contributed by atoms with Gasteiger partial charge in [-0.15, -0.1) is 0 Å². The molecule has 8 nitrogen and oxygen atoms in total. The first kappa shape index (κ1) is 16.1. The van der Waals surface area contributed by atoms with Gasteiger partial charge in [-0.05, 0) is 25.0 Å². The number of hydrogen-bond donors (Lipinski definition) is 1. The highest BCUT2D eigenvalue weighted by Crippen LogP contribution is 2.27. The number of nitro groups is 1. The van der Waals surface area contributed by atoms with Crippen LogP contribution in [-0.4, -0.2) is 42.3 Å². The van der Waals surface area contributed by atoms with Crippen LogP contribution in [0.15, 0.2) is 17.0 Å². The van der Waals surface area contributed by atoms with Crippen molar-refractivity contribution in [3.05, 3.63) is 33.4 Å². The highest BCUT2D eigenvalue weighted by atomic mass is 32.2. The maximum Gasteiger partial charge on any atom is 0.318 e. The molecule has 1 aromatic rings. The Bertz CT molecular complexity index is 644. The topological polar surface area (TPSA) is 118 Å². The lowest BCUT2D eigenvalue weighted by Gasteiger charge is -2.18. The number of nitro benzene ring substituents is 1. The summed E-state index contributed by atoms with van der Waals surface area (Å²) in [7, 11) is -2.87. The molecule has 9 heteroatoms. The third-order valence-electron chi connectivity index (χ3n) is 2.68. The number of sulfonamides is 1. The van der Waals surface area contributed by atoms with E-state index in [2.05, 4.69) is 0 Å². The number of non-ortho nitro benzene ring substituents is 1. The lowest BCUT2D eigenvalue weighted by Crippen LogP contribution is -2.32. The molecule has 0 spiro atoms. The normalized spacial score (nSPS) is 11.6. The number of carboxylic acids is 1. The molecule has 1 aromatic carbocycles. The van der Waals surface area contributed by atoms with Crippen LogP contribution in [0.1, 0.15) is 11.1 Å². The van der Waals surface area contributed by atoms with Gasteiger partial charge in [-0.25, -0.2) is 8.42 Å². The highest BCUT2D eigenvalue weighted by Gasteiger charge is 2.27. The second-order valence-corrected chi connectivity index (χ2v) is 6.30. The summed E-state index contributed by atoms with van der Waals surface area (Å²) < 4.78 is 25.3. The van der Waals surface area contributed by atoms with Gasteiger partial charge in [0.2, 0.25) is 10.0 Å². The first-order chi connectivity index (χ1) is 9.07. The quantitative estimate of drug-likeness (QED) is 0.638. The number of likely N-dealkylation sites (N-methyl/N-ethyl adjacent to an activating group) is 1. The Morgan fingerprint density at radius 2 is 1.80 bits per heavy atom. The number of benzene rings is 1. The molecule has 0 bridgehead atoms. The third-order valence-corrected chi connectivity index (χ3v) is 4.79. The van der Waals surface area contributed by atoms with Gasteiger partial charge in [0.05, 0.1) is 9.82 Å². The van der Waals surface area contributed by atoms with E-state index in [1.54, 1.807) is 0 Å². The number of aliphatic carboxylic acids is 1. The number of hydrogen-bond acceptors (Lipinski definition) is 5. The second kappa shape index (κ2) is 5.55. The first-order valence-corrected chi connectivity index (χ1v) is 6.95. The Kier molecular flexibility index (Phi) is 4.46. The Hall–Kier alpha value is -2.00. The Labute approximate surface area is 115 Å². The first-order valence-electron chi connectivity index (χ1n) is 5.51. The monoisotopic (exact) mass is 302 g/mol. The van der Waals surface area contributed by atoms with Crippen LogP contribution >= 0.6 is 0 Å². The molecular weight excluding hydrogens is 288 g/mol. The lowest BCUT2D eigenvalue weighted by atomic mass is 10.1. The van der Waals surface area contributed by atoms with E-state index in [0.717, 1.165) is 19.2 Å². The molecule has 0 aromatic heterocycles. The van der Waals surface area contributed by atoms with Crippen LogP contribution in [0.25, 0.3) is 0 Å². The number of aryl methyl sites for hydroxylation is 2. The van der Waals surface area contributed by atoms with Gasteiger partial charge in [-0.1, -0.05) is 0 Å². The van der Waals surface area contributed by atoms with E-state index in [4.69, 9.17) is 5.11 Å². The standard InChI is InChI=1S/C11H14N2O6S/c1-7-4-9(13(16)17)5-8(2)11(7)20(18,19)12(3)6-10(14)15/h4-5H,6H2,1-3H3,(H,14,15). The van der Waals surface area contributed by atoms with Crippen molar-refractivity contribution in [2.24, 2.45) is 0 Å². The molecule has 1 N–H and O–H groups in total. The zero-order chi connectivity index (χ0) is 15.7. The minimum Gasteiger partial charge on any atom is -0.480 e. The second-order valence-electron chi connectivity index (χ2n) is 4.32. The van der Waals surface area contributed by atoms with Gasteiger partial charge in [0.1, 0.15) is 6.54 Å². The van der Waals surface area contributed by atoms with Crippen LogP contribution in [0.5, 0.6) is 0 Å². The SMILES string of the molecule is Cc1cc([N+](=O)[O-])cc(C)c1S(=O)(=O)N(C)CC(=O)O. The maximum atomic E-state index is 12.3. The summed E-state index contributed by atoms with van der Waals surface area (Å²) in [6, 6.07) is 2.29. The lowest BCUT2D eigenvalue weighted by molar-refractivity contribution is -0.385. The summed E-state index contributed by atoms with van der Waals surface area (Å²) in [6.07, 6.45) is 0. The van der Waals surface area contributed by atoms with Crippen molar-refractivity contribution in [2.75, 3.05) is 13.6 Å². The van der Waals surface area contributed by atoms with Crippen LogP contribution in [0.3, 0.4) is 0 Å². The van der Waals surface area contributed by atoms with E-state index in [-0.39, 0.29) is 21.7 Å². The molecule has 1 rings (SSSR count). The summed E-state index contributed by atoms with van der Waals surface area (Å²) >= 11 is 0. The number of carboxylic acid groups (broad SMARTS) is 1. The van der Waals surface area contributed by atoms with Crippen LogP contribution < -0.4 is 0 Å². The van der Waals surface area contributed by atoms with E-state index in [1.165, 1.54) is 13.8 Å². The molecule has 0 unspecified atom stereocenters. The minimum atomic E-state index is -4.01. The average molecular weight is 302 g/mol. The highest BCUT2D eigenvalue weighted by molar-refractivity contribution is 7.89. The number of nitrogens with zero attached hydrogens (tertiary/aromatic N) is 2. The van der Waals surface area contributed by atoms with Crippen LogP contribution in [-0.2, 0) is 14.8 Å². The summed E-state index contributed by atoms with van der Waals surface area (Å²) in [5.74, 6) is -1.28. The number of carbonyl (C=O) groups is 1. The van der Waals surface area contributed by atoms with Gasteiger partial charge in [0.25, 0.3) is 5.69 Å². The molecule has 110 valence electrons.